The molecule has 0 saturated heterocycles. The number of aryl methyl sites for hydroxylation is 3. The summed E-state index contributed by atoms with van der Waals surface area (Å²) in [5.74, 6) is 0.977. The summed E-state index contributed by atoms with van der Waals surface area (Å²) in [7, 11) is 0. The molecule has 0 aliphatic carbocycles. The van der Waals surface area contributed by atoms with E-state index in [1.165, 1.54) is 39.2 Å². The van der Waals surface area contributed by atoms with Crippen LogP contribution in [0.1, 0.15) is 67.3 Å². The monoisotopic (exact) mass is 347 g/mol. The molecule has 26 heavy (non-hydrogen) atoms. The first-order valence-corrected chi connectivity index (χ1v) is 9.60. The number of nitrogens with zero attached hydrogens (tertiary/aromatic N) is 2. The molecule has 0 amide bonds. The van der Waals surface area contributed by atoms with Crippen molar-refractivity contribution >= 4 is 0 Å². The Morgan fingerprint density at radius 3 is 1.88 bits per heavy atom. The van der Waals surface area contributed by atoms with Gasteiger partial charge in [0.15, 0.2) is 0 Å². The minimum absolute atomic E-state index is 0.488. The van der Waals surface area contributed by atoms with Crippen LogP contribution in [0, 0.1) is 20.8 Å². The lowest BCUT2D eigenvalue weighted by atomic mass is 9.92. The van der Waals surface area contributed by atoms with E-state index < -0.39 is 0 Å². The Labute approximate surface area is 158 Å². The van der Waals surface area contributed by atoms with Gasteiger partial charge in [-0.05, 0) is 43.7 Å². The van der Waals surface area contributed by atoms with Crippen LogP contribution in [0.15, 0.2) is 49.1 Å². The molecule has 136 valence electrons. The summed E-state index contributed by atoms with van der Waals surface area (Å²) in [6.07, 6.45) is 6.58. The fourth-order valence-corrected chi connectivity index (χ4v) is 4.01. The lowest BCUT2D eigenvalue weighted by Crippen LogP contribution is -2.30. The standard InChI is InChI=1S/C24H31N2/c1-16(2)21-9-8-10-22(17(3)4)24(21)26-12-11-25(15-26)23-19(6)13-18(5)14-20(23)7/h8-17H,1-7H3/q+1. The fourth-order valence-electron chi connectivity index (χ4n) is 4.01. The van der Waals surface area contributed by atoms with Crippen molar-refractivity contribution in [1.82, 2.24) is 4.57 Å². The number of hydrogen-bond acceptors (Lipinski definition) is 0. The fraction of sp³-hybridized carbons (Fsp3) is 0.375. The smallest absolute Gasteiger partial charge is 0.202 e. The minimum Gasteiger partial charge on any atom is -0.202 e. The molecular weight excluding hydrogens is 316 g/mol. The highest BCUT2D eigenvalue weighted by molar-refractivity contribution is 5.51. The molecule has 2 nitrogen and oxygen atoms in total. The summed E-state index contributed by atoms with van der Waals surface area (Å²) in [5.41, 5.74) is 9.35. The largest absolute Gasteiger partial charge is 0.254 e. The van der Waals surface area contributed by atoms with Crippen LogP contribution in [0.5, 0.6) is 0 Å². The van der Waals surface area contributed by atoms with Gasteiger partial charge < -0.3 is 0 Å². The second kappa shape index (κ2) is 7.11. The van der Waals surface area contributed by atoms with E-state index in [-0.39, 0.29) is 0 Å². The van der Waals surface area contributed by atoms with Gasteiger partial charge in [0.2, 0.25) is 0 Å². The molecule has 1 heterocycles. The molecule has 0 aliphatic heterocycles. The number of hydrogen-bond donors (Lipinski definition) is 0. The van der Waals surface area contributed by atoms with Crippen molar-refractivity contribution in [2.45, 2.75) is 60.3 Å². The minimum atomic E-state index is 0.488. The number of aromatic nitrogens is 2. The quantitative estimate of drug-likeness (QED) is 0.518. The summed E-state index contributed by atoms with van der Waals surface area (Å²) in [4.78, 5) is 0. The van der Waals surface area contributed by atoms with Gasteiger partial charge in [0.25, 0.3) is 6.33 Å². The van der Waals surface area contributed by atoms with Crippen LogP contribution in [0.25, 0.3) is 11.4 Å². The summed E-state index contributed by atoms with van der Waals surface area (Å²) in [6, 6.07) is 11.2. The predicted octanol–water partition coefficient (Wildman–Crippen LogP) is 5.93. The Morgan fingerprint density at radius 2 is 1.38 bits per heavy atom. The molecule has 1 aromatic heterocycles. The second-order valence-electron chi connectivity index (χ2n) is 8.07. The van der Waals surface area contributed by atoms with Gasteiger partial charge in [-0.2, -0.15) is 0 Å². The van der Waals surface area contributed by atoms with E-state index in [1.54, 1.807) is 0 Å². The molecule has 2 heteroatoms. The van der Waals surface area contributed by atoms with Crippen LogP contribution in [-0.4, -0.2) is 4.57 Å². The number of rotatable bonds is 4. The van der Waals surface area contributed by atoms with E-state index >= 15 is 0 Å². The molecule has 3 aromatic rings. The molecule has 0 unspecified atom stereocenters. The average Bonchev–Trinajstić information content (AvgIpc) is 3.02. The lowest BCUT2D eigenvalue weighted by molar-refractivity contribution is -0.595. The maximum Gasteiger partial charge on any atom is 0.254 e. The van der Waals surface area contributed by atoms with E-state index in [0.717, 1.165) is 0 Å². The van der Waals surface area contributed by atoms with Crippen molar-refractivity contribution in [3.63, 3.8) is 0 Å². The molecule has 0 bridgehead atoms. The van der Waals surface area contributed by atoms with Gasteiger partial charge >= 0.3 is 0 Å². The van der Waals surface area contributed by atoms with Crippen LogP contribution >= 0.6 is 0 Å². The first-order chi connectivity index (χ1) is 12.3. The normalized spacial score (nSPS) is 11.6. The molecule has 0 saturated carbocycles. The van der Waals surface area contributed by atoms with Gasteiger partial charge in [-0.25, -0.2) is 9.13 Å². The van der Waals surface area contributed by atoms with Gasteiger partial charge in [-0.3, -0.25) is 0 Å². The summed E-state index contributed by atoms with van der Waals surface area (Å²) >= 11 is 0. The Hall–Kier alpha value is -2.35. The zero-order chi connectivity index (χ0) is 19.0. The zero-order valence-electron chi connectivity index (χ0n) is 17.2. The molecule has 0 fully saturated rings. The van der Waals surface area contributed by atoms with Gasteiger partial charge in [-0.1, -0.05) is 63.6 Å². The number of para-hydroxylation sites is 1. The highest BCUT2D eigenvalue weighted by atomic mass is 15.1. The third-order valence-corrected chi connectivity index (χ3v) is 5.13. The second-order valence-corrected chi connectivity index (χ2v) is 8.07. The van der Waals surface area contributed by atoms with Crippen molar-refractivity contribution in [3.8, 4) is 11.4 Å². The van der Waals surface area contributed by atoms with Crippen LogP contribution in [0.3, 0.4) is 0 Å². The van der Waals surface area contributed by atoms with Gasteiger partial charge in [0.1, 0.15) is 23.8 Å². The lowest BCUT2D eigenvalue weighted by Gasteiger charge is -2.16. The highest BCUT2D eigenvalue weighted by Crippen LogP contribution is 2.30. The molecule has 0 aliphatic rings. The van der Waals surface area contributed by atoms with Crippen molar-refractivity contribution in [1.29, 1.82) is 0 Å². The van der Waals surface area contributed by atoms with E-state index in [4.69, 9.17) is 0 Å². The average molecular weight is 348 g/mol. The molecular formula is C24H31N2+. The maximum absolute atomic E-state index is 2.30. The molecule has 0 radical (unpaired) electrons. The first-order valence-electron chi connectivity index (χ1n) is 9.60. The summed E-state index contributed by atoms with van der Waals surface area (Å²) in [6.45, 7) is 15.6. The van der Waals surface area contributed by atoms with Gasteiger partial charge in [0.05, 0.1) is 0 Å². The Balaban J connectivity index is 2.18. The zero-order valence-corrected chi connectivity index (χ0v) is 17.2. The highest BCUT2D eigenvalue weighted by Gasteiger charge is 2.21. The van der Waals surface area contributed by atoms with E-state index in [2.05, 4.69) is 107 Å². The van der Waals surface area contributed by atoms with Crippen LogP contribution in [-0.2, 0) is 0 Å². The van der Waals surface area contributed by atoms with Crippen molar-refractivity contribution in [2.24, 2.45) is 0 Å². The van der Waals surface area contributed by atoms with Crippen molar-refractivity contribution in [2.75, 3.05) is 0 Å². The first kappa shape index (κ1) is 18.4. The van der Waals surface area contributed by atoms with Gasteiger partial charge in [0, 0.05) is 11.1 Å². The SMILES string of the molecule is Cc1cc(C)c(-[n+]2ccn(-c3c(C(C)C)cccc3C(C)C)c2)c(C)c1. The van der Waals surface area contributed by atoms with Crippen LogP contribution < -0.4 is 4.57 Å². The number of benzene rings is 2. The Bertz CT molecular complexity index is 880. The Kier molecular flexibility index (Phi) is 5.04. The third-order valence-electron chi connectivity index (χ3n) is 5.13. The molecule has 3 rings (SSSR count). The Morgan fingerprint density at radius 1 is 0.846 bits per heavy atom. The van der Waals surface area contributed by atoms with Crippen LogP contribution in [0.4, 0.5) is 0 Å². The molecule has 0 spiro atoms. The van der Waals surface area contributed by atoms with E-state index in [9.17, 15) is 0 Å². The maximum atomic E-state index is 2.30. The van der Waals surface area contributed by atoms with Gasteiger partial charge in [-0.15, -0.1) is 0 Å². The summed E-state index contributed by atoms with van der Waals surface area (Å²) in [5, 5.41) is 0. The van der Waals surface area contributed by atoms with Crippen molar-refractivity contribution in [3.05, 3.63) is 76.9 Å². The van der Waals surface area contributed by atoms with Crippen LogP contribution in [0.2, 0.25) is 0 Å². The predicted molar refractivity (Wildman–Crippen MR) is 110 cm³/mol. The third kappa shape index (κ3) is 3.33. The summed E-state index contributed by atoms with van der Waals surface area (Å²) < 4.78 is 4.55. The topological polar surface area (TPSA) is 8.81 Å². The van der Waals surface area contributed by atoms with Crippen molar-refractivity contribution < 1.29 is 4.57 Å². The molecule has 0 N–H and O–H groups in total. The number of imidazole rings is 1. The molecule has 0 atom stereocenters. The molecule has 2 aromatic carbocycles. The van der Waals surface area contributed by atoms with E-state index in [1.807, 2.05) is 0 Å². The van der Waals surface area contributed by atoms with E-state index in [0.29, 0.717) is 11.8 Å².